The summed E-state index contributed by atoms with van der Waals surface area (Å²) in [5.41, 5.74) is 7.06. The van der Waals surface area contributed by atoms with Crippen LogP contribution >= 0.6 is 0 Å². The predicted molar refractivity (Wildman–Crippen MR) is 68.8 cm³/mol. The van der Waals surface area contributed by atoms with Crippen molar-refractivity contribution in [3.63, 3.8) is 0 Å². The third kappa shape index (κ3) is 1.85. The summed E-state index contributed by atoms with van der Waals surface area (Å²) < 4.78 is 26.3. The molecule has 1 aromatic carbocycles. The van der Waals surface area contributed by atoms with Gasteiger partial charge in [-0.3, -0.25) is 0 Å². The van der Waals surface area contributed by atoms with E-state index in [0.29, 0.717) is 4.90 Å². The minimum atomic E-state index is -3.29. The number of nitrogens with two attached hydrogens (primary N) is 1. The van der Waals surface area contributed by atoms with Crippen molar-refractivity contribution in [3.8, 4) is 0 Å². The largest absolute Gasteiger partial charge is 0.347 e. The number of aromatic nitrogens is 1. The van der Waals surface area contributed by atoms with Crippen LogP contribution in [0.15, 0.2) is 29.2 Å². The van der Waals surface area contributed by atoms with Gasteiger partial charge >= 0.3 is 0 Å². The number of hydrogen-bond acceptors (Lipinski definition) is 3. The fourth-order valence-electron chi connectivity index (χ4n) is 2.14. The van der Waals surface area contributed by atoms with Crippen molar-refractivity contribution in [2.45, 2.75) is 11.8 Å². The normalized spacial score (nSPS) is 12.2. The number of benzene rings is 1. The lowest BCUT2D eigenvalue weighted by Gasteiger charge is -2.03. The highest BCUT2D eigenvalue weighted by Crippen LogP contribution is 2.29. The number of nitrogens with zero attached hydrogens (tertiary/aromatic N) is 1. The van der Waals surface area contributed by atoms with Crippen molar-refractivity contribution >= 4 is 20.7 Å². The molecule has 0 saturated heterocycles. The molecule has 1 aromatic heterocycles. The maximum Gasteiger partial charge on any atom is 0.181 e. The topological polar surface area (TPSA) is 65.1 Å². The van der Waals surface area contributed by atoms with Gasteiger partial charge in [-0.25, -0.2) is 8.42 Å². The van der Waals surface area contributed by atoms with Crippen LogP contribution in [0.1, 0.15) is 5.69 Å². The molecule has 0 unspecified atom stereocenters. The monoisotopic (exact) mass is 252 g/mol. The van der Waals surface area contributed by atoms with Crippen LogP contribution in [0.3, 0.4) is 0 Å². The Morgan fingerprint density at radius 3 is 2.59 bits per heavy atom. The SMILES string of the molecule is Cc1c(S(=O)(=O)CCN)c2ccccc2n1C. The first-order valence-electron chi connectivity index (χ1n) is 5.46. The van der Waals surface area contributed by atoms with Gasteiger partial charge in [0.25, 0.3) is 0 Å². The third-order valence-corrected chi connectivity index (χ3v) is 4.95. The molecule has 0 fully saturated rings. The molecule has 2 aromatic rings. The molecule has 0 saturated carbocycles. The van der Waals surface area contributed by atoms with Crippen molar-refractivity contribution < 1.29 is 8.42 Å². The van der Waals surface area contributed by atoms with Crippen LogP contribution < -0.4 is 5.73 Å². The molecule has 0 aliphatic heterocycles. The Labute approximate surface area is 101 Å². The molecular weight excluding hydrogens is 236 g/mol. The Morgan fingerprint density at radius 2 is 1.94 bits per heavy atom. The molecule has 0 aliphatic rings. The maximum absolute atomic E-state index is 12.2. The summed E-state index contributed by atoms with van der Waals surface area (Å²) >= 11 is 0. The van der Waals surface area contributed by atoms with Gasteiger partial charge in [-0.2, -0.15) is 0 Å². The van der Waals surface area contributed by atoms with Gasteiger partial charge in [0.2, 0.25) is 0 Å². The third-order valence-electron chi connectivity index (χ3n) is 3.04. The summed E-state index contributed by atoms with van der Waals surface area (Å²) in [6, 6.07) is 7.51. The van der Waals surface area contributed by atoms with Crippen molar-refractivity contribution in [1.82, 2.24) is 4.57 Å². The van der Waals surface area contributed by atoms with Gasteiger partial charge in [-0.1, -0.05) is 18.2 Å². The summed E-state index contributed by atoms with van der Waals surface area (Å²) in [6.45, 7) is 1.97. The van der Waals surface area contributed by atoms with Gasteiger partial charge < -0.3 is 10.3 Å². The molecule has 0 amide bonds. The Morgan fingerprint density at radius 1 is 1.29 bits per heavy atom. The number of sulfone groups is 1. The standard InChI is InChI=1S/C12H16N2O2S/c1-9-12(17(15,16)8-7-13)10-5-3-4-6-11(10)14(9)2/h3-6H,7-8,13H2,1-2H3. The first-order chi connectivity index (χ1) is 7.99. The molecule has 0 bridgehead atoms. The molecule has 0 aliphatic carbocycles. The summed E-state index contributed by atoms with van der Waals surface area (Å²) in [4.78, 5) is 0.418. The fraction of sp³-hybridized carbons (Fsp3) is 0.333. The molecule has 5 heteroatoms. The number of rotatable bonds is 3. The summed E-state index contributed by atoms with van der Waals surface area (Å²) in [5, 5.41) is 0.779. The van der Waals surface area contributed by atoms with Crippen LogP contribution in [0, 0.1) is 6.92 Å². The molecule has 1 heterocycles. The predicted octanol–water partition coefficient (Wildman–Crippen LogP) is 1.22. The molecule has 0 radical (unpaired) electrons. The van der Waals surface area contributed by atoms with Gasteiger partial charge in [-0.15, -0.1) is 0 Å². The highest BCUT2D eigenvalue weighted by atomic mass is 32.2. The lowest BCUT2D eigenvalue weighted by Crippen LogP contribution is -2.16. The van der Waals surface area contributed by atoms with E-state index in [1.165, 1.54) is 0 Å². The second-order valence-corrected chi connectivity index (χ2v) is 6.14. The van der Waals surface area contributed by atoms with E-state index in [-0.39, 0.29) is 12.3 Å². The number of aryl methyl sites for hydroxylation is 1. The second kappa shape index (κ2) is 4.16. The minimum absolute atomic E-state index is 0.0121. The van der Waals surface area contributed by atoms with Crippen molar-refractivity contribution in [2.24, 2.45) is 12.8 Å². The molecule has 0 spiro atoms. The number of hydrogen-bond donors (Lipinski definition) is 1. The average molecular weight is 252 g/mol. The first-order valence-corrected chi connectivity index (χ1v) is 7.11. The van der Waals surface area contributed by atoms with E-state index in [2.05, 4.69) is 0 Å². The Kier molecular flexibility index (Phi) is 2.97. The zero-order chi connectivity index (χ0) is 12.6. The van der Waals surface area contributed by atoms with Crippen LogP contribution in [-0.4, -0.2) is 25.3 Å². The van der Waals surface area contributed by atoms with Crippen LogP contribution in [0.25, 0.3) is 10.9 Å². The molecule has 2 N–H and O–H groups in total. The Hall–Kier alpha value is -1.33. The minimum Gasteiger partial charge on any atom is -0.347 e. The van der Waals surface area contributed by atoms with Crippen LogP contribution in [0.5, 0.6) is 0 Å². The van der Waals surface area contributed by atoms with Crippen LogP contribution in [-0.2, 0) is 16.9 Å². The van der Waals surface area contributed by atoms with E-state index in [4.69, 9.17) is 5.73 Å². The highest BCUT2D eigenvalue weighted by Gasteiger charge is 2.22. The van der Waals surface area contributed by atoms with Crippen molar-refractivity contribution in [3.05, 3.63) is 30.0 Å². The fourth-order valence-corrected chi connectivity index (χ4v) is 3.74. The second-order valence-electron chi connectivity index (χ2n) is 4.10. The van der Waals surface area contributed by atoms with Crippen LogP contribution in [0.4, 0.5) is 0 Å². The van der Waals surface area contributed by atoms with Crippen molar-refractivity contribution in [1.29, 1.82) is 0 Å². The number of fused-ring (bicyclic) bond motifs is 1. The lowest BCUT2D eigenvalue weighted by molar-refractivity contribution is 0.595. The molecule has 17 heavy (non-hydrogen) atoms. The Bertz CT molecular complexity index is 656. The van der Waals surface area contributed by atoms with Gasteiger partial charge in [0.15, 0.2) is 9.84 Å². The summed E-state index contributed by atoms with van der Waals surface area (Å²) in [6.07, 6.45) is 0. The van der Waals surface area contributed by atoms with Gasteiger partial charge in [0.05, 0.1) is 10.6 Å². The van der Waals surface area contributed by atoms with E-state index in [1.807, 2.05) is 42.8 Å². The molecule has 2 rings (SSSR count). The molecule has 92 valence electrons. The summed E-state index contributed by atoms with van der Waals surface area (Å²) in [5.74, 6) is -0.0121. The van der Waals surface area contributed by atoms with Gasteiger partial charge in [-0.05, 0) is 13.0 Å². The van der Waals surface area contributed by atoms with E-state index >= 15 is 0 Å². The lowest BCUT2D eigenvalue weighted by atomic mass is 10.2. The average Bonchev–Trinajstić information content (AvgIpc) is 2.53. The first kappa shape index (κ1) is 12.1. The zero-order valence-electron chi connectivity index (χ0n) is 9.97. The molecular formula is C12H16N2O2S. The van der Waals surface area contributed by atoms with Crippen molar-refractivity contribution in [2.75, 3.05) is 12.3 Å². The molecule has 0 atom stereocenters. The quantitative estimate of drug-likeness (QED) is 0.893. The Balaban J connectivity index is 2.83. The van der Waals surface area contributed by atoms with E-state index < -0.39 is 9.84 Å². The van der Waals surface area contributed by atoms with Gasteiger partial charge in [0, 0.05) is 30.2 Å². The highest BCUT2D eigenvalue weighted by molar-refractivity contribution is 7.91. The summed E-state index contributed by atoms with van der Waals surface area (Å²) in [7, 11) is -1.42. The van der Waals surface area contributed by atoms with Gasteiger partial charge in [0.1, 0.15) is 0 Å². The smallest absolute Gasteiger partial charge is 0.181 e. The van der Waals surface area contributed by atoms with E-state index in [0.717, 1.165) is 16.6 Å². The molecule has 4 nitrogen and oxygen atoms in total. The van der Waals surface area contributed by atoms with E-state index in [1.54, 1.807) is 0 Å². The van der Waals surface area contributed by atoms with Crippen LogP contribution in [0.2, 0.25) is 0 Å². The maximum atomic E-state index is 12.2. The number of para-hydroxylation sites is 1. The zero-order valence-corrected chi connectivity index (χ0v) is 10.8. The van der Waals surface area contributed by atoms with E-state index in [9.17, 15) is 8.42 Å².